The summed E-state index contributed by atoms with van der Waals surface area (Å²) in [6, 6.07) is 2.29. The van der Waals surface area contributed by atoms with E-state index in [2.05, 4.69) is 29.8 Å². The Labute approximate surface area is 217 Å². The first kappa shape index (κ1) is 30.8. The number of alkyl carbamates (subject to hydrolysis) is 1. The summed E-state index contributed by atoms with van der Waals surface area (Å²) < 4.78 is 10.1. The molecule has 2 atom stereocenters. The highest BCUT2D eigenvalue weighted by molar-refractivity contribution is 7.80. The molecule has 3 amide bonds. The van der Waals surface area contributed by atoms with E-state index < -0.39 is 41.6 Å². The van der Waals surface area contributed by atoms with Crippen LogP contribution < -0.4 is 10.6 Å². The molecular weight excluding hydrogens is 486 g/mol. The third-order valence-electron chi connectivity index (χ3n) is 4.81. The molecule has 0 radical (unpaired) electrons. The molecule has 3 N–H and O–H groups in total. The summed E-state index contributed by atoms with van der Waals surface area (Å²) in [5.41, 5.74) is 0.143. The molecular formula is C25H37N3O7S. The summed E-state index contributed by atoms with van der Waals surface area (Å²) in [6.45, 7) is 12.3. The van der Waals surface area contributed by atoms with Crippen molar-refractivity contribution in [1.29, 1.82) is 0 Å². The van der Waals surface area contributed by atoms with Crippen LogP contribution in [-0.2, 0) is 23.9 Å². The minimum Gasteiger partial charge on any atom is -0.508 e. The lowest BCUT2D eigenvalue weighted by atomic mass is 10.0. The standard InChI is InChI=1S/C25H37N3O7S/c1-7-13-28(23(32)18(15-36)27-24(33)35-25(4,5)6)21(17-9-10-19(29)16(3)14-17)22(31)26-12-11-20(30)34-8-2/h7,9-10,14,18,21,29,36H,1,8,11-13,15H2,2-6H3,(H,26,31)(H,27,33). The van der Waals surface area contributed by atoms with E-state index in [1.807, 2.05) is 0 Å². The summed E-state index contributed by atoms with van der Waals surface area (Å²) in [4.78, 5) is 52.1. The Balaban J connectivity index is 3.30. The Morgan fingerprint density at radius 2 is 1.92 bits per heavy atom. The second-order valence-corrected chi connectivity index (χ2v) is 9.32. The van der Waals surface area contributed by atoms with Crippen molar-refractivity contribution in [2.24, 2.45) is 0 Å². The number of aryl methyl sites for hydroxylation is 1. The van der Waals surface area contributed by atoms with E-state index in [1.165, 1.54) is 23.1 Å². The Morgan fingerprint density at radius 3 is 2.44 bits per heavy atom. The molecule has 2 unspecified atom stereocenters. The highest BCUT2D eigenvalue weighted by Gasteiger charge is 2.35. The molecule has 0 saturated heterocycles. The van der Waals surface area contributed by atoms with E-state index >= 15 is 0 Å². The van der Waals surface area contributed by atoms with Gasteiger partial charge in [0.25, 0.3) is 0 Å². The average molecular weight is 524 g/mol. The van der Waals surface area contributed by atoms with Gasteiger partial charge in [-0.25, -0.2) is 4.79 Å². The Morgan fingerprint density at radius 1 is 1.25 bits per heavy atom. The van der Waals surface area contributed by atoms with E-state index in [0.717, 1.165) is 0 Å². The van der Waals surface area contributed by atoms with Crippen LogP contribution in [-0.4, -0.2) is 71.0 Å². The van der Waals surface area contributed by atoms with Gasteiger partial charge in [0.1, 0.15) is 23.4 Å². The van der Waals surface area contributed by atoms with Gasteiger partial charge in [-0.05, 0) is 57.9 Å². The molecule has 1 aromatic rings. The first-order valence-corrected chi connectivity index (χ1v) is 12.2. The molecule has 1 rings (SSSR count). The van der Waals surface area contributed by atoms with Gasteiger partial charge in [0.05, 0.1) is 13.0 Å². The number of hydrogen-bond donors (Lipinski definition) is 4. The molecule has 0 aliphatic heterocycles. The zero-order valence-electron chi connectivity index (χ0n) is 21.5. The Bertz CT molecular complexity index is 946. The number of thiol groups is 1. The van der Waals surface area contributed by atoms with Crippen molar-refractivity contribution in [3.05, 3.63) is 42.0 Å². The summed E-state index contributed by atoms with van der Waals surface area (Å²) in [5.74, 6) is -1.65. The molecule has 0 saturated carbocycles. The van der Waals surface area contributed by atoms with Gasteiger partial charge in [0.2, 0.25) is 11.8 Å². The van der Waals surface area contributed by atoms with E-state index in [4.69, 9.17) is 9.47 Å². The SMILES string of the molecule is C=CCN(C(=O)C(CS)NC(=O)OC(C)(C)C)C(C(=O)NCCC(=O)OCC)c1ccc(O)c(C)c1. The molecule has 0 fully saturated rings. The molecule has 0 bridgehead atoms. The predicted molar refractivity (Wildman–Crippen MR) is 139 cm³/mol. The number of rotatable bonds is 12. The van der Waals surface area contributed by atoms with Gasteiger partial charge in [-0.15, -0.1) is 6.58 Å². The highest BCUT2D eigenvalue weighted by Crippen LogP contribution is 2.27. The highest BCUT2D eigenvalue weighted by atomic mass is 32.1. The minimum atomic E-state index is -1.15. The van der Waals surface area contributed by atoms with E-state index in [-0.39, 0.29) is 37.6 Å². The van der Waals surface area contributed by atoms with E-state index in [9.17, 15) is 24.3 Å². The largest absolute Gasteiger partial charge is 0.508 e. The van der Waals surface area contributed by atoms with Crippen LogP contribution in [0.5, 0.6) is 5.75 Å². The maximum absolute atomic E-state index is 13.6. The van der Waals surface area contributed by atoms with Gasteiger partial charge in [-0.1, -0.05) is 12.1 Å². The first-order valence-electron chi connectivity index (χ1n) is 11.6. The maximum atomic E-state index is 13.6. The molecule has 10 nitrogen and oxygen atoms in total. The number of aromatic hydroxyl groups is 1. The third kappa shape index (κ3) is 9.80. The lowest BCUT2D eigenvalue weighted by molar-refractivity contribution is -0.144. The third-order valence-corrected chi connectivity index (χ3v) is 5.18. The van der Waals surface area contributed by atoms with Crippen molar-refractivity contribution in [2.75, 3.05) is 25.4 Å². The van der Waals surface area contributed by atoms with Crippen LogP contribution in [0.25, 0.3) is 0 Å². The van der Waals surface area contributed by atoms with Gasteiger partial charge >= 0.3 is 12.1 Å². The summed E-state index contributed by atoms with van der Waals surface area (Å²) in [5, 5.41) is 15.1. The van der Waals surface area contributed by atoms with Crippen LogP contribution in [0.1, 0.15) is 51.3 Å². The average Bonchev–Trinajstić information content (AvgIpc) is 2.78. The molecule has 200 valence electrons. The van der Waals surface area contributed by atoms with Gasteiger partial charge in [-0.2, -0.15) is 12.6 Å². The fourth-order valence-corrected chi connectivity index (χ4v) is 3.48. The Hall–Kier alpha value is -3.21. The van der Waals surface area contributed by atoms with Gasteiger partial charge < -0.3 is 30.1 Å². The molecule has 0 aliphatic rings. The lowest BCUT2D eigenvalue weighted by Crippen LogP contribution is -2.54. The fraction of sp³-hybridized carbons (Fsp3) is 0.520. The topological polar surface area (TPSA) is 134 Å². The second kappa shape index (κ2) is 14.4. The van der Waals surface area contributed by atoms with Crippen molar-refractivity contribution in [3.8, 4) is 5.75 Å². The van der Waals surface area contributed by atoms with E-state index in [1.54, 1.807) is 40.7 Å². The molecule has 36 heavy (non-hydrogen) atoms. The number of nitrogens with zero attached hydrogens (tertiary/aromatic N) is 1. The number of hydrogen-bond acceptors (Lipinski definition) is 8. The van der Waals surface area contributed by atoms with Crippen LogP contribution in [0.15, 0.2) is 30.9 Å². The molecule has 1 aromatic carbocycles. The second-order valence-electron chi connectivity index (χ2n) is 8.96. The molecule has 0 aliphatic carbocycles. The van der Waals surface area contributed by atoms with Crippen LogP contribution in [0.3, 0.4) is 0 Å². The molecule has 0 aromatic heterocycles. The predicted octanol–water partition coefficient (Wildman–Crippen LogP) is 2.65. The fourth-order valence-electron chi connectivity index (χ4n) is 3.24. The van der Waals surface area contributed by atoms with Gasteiger partial charge in [0.15, 0.2) is 0 Å². The van der Waals surface area contributed by atoms with Crippen molar-refractivity contribution < 1.29 is 33.8 Å². The number of esters is 1. The summed E-state index contributed by atoms with van der Waals surface area (Å²) >= 11 is 4.21. The Kier molecular flexibility index (Phi) is 12.3. The number of benzene rings is 1. The van der Waals surface area contributed by atoms with Crippen LogP contribution in [0.2, 0.25) is 0 Å². The zero-order valence-corrected chi connectivity index (χ0v) is 22.4. The van der Waals surface area contributed by atoms with E-state index in [0.29, 0.717) is 11.1 Å². The van der Waals surface area contributed by atoms with Crippen LogP contribution in [0.4, 0.5) is 4.79 Å². The van der Waals surface area contributed by atoms with Gasteiger partial charge in [-0.3, -0.25) is 14.4 Å². The number of carbonyl (C=O) groups excluding carboxylic acids is 4. The van der Waals surface area contributed by atoms with Crippen molar-refractivity contribution in [3.63, 3.8) is 0 Å². The summed E-state index contributed by atoms with van der Waals surface area (Å²) in [6.07, 6.45) is 0.604. The van der Waals surface area contributed by atoms with Crippen LogP contribution >= 0.6 is 12.6 Å². The number of amides is 3. The van der Waals surface area contributed by atoms with Crippen molar-refractivity contribution in [1.82, 2.24) is 15.5 Å². The van der Waals surface area contributed by atoms with Gasteiger partial charge in [0, 0.05) is 18.8 Å². The summed E-state index contributed by atoms with van der Waals surface area (Å²) in [7, 11) is 0. The monoisotopic (exact) mass is 523 g/mol. The van der Waals surface area contributed by atoms with Crippen molar-refractivity contribution >= 4 is 36.5 Å². The number of ether oxygens (including phenoxy) is 2. The molecule has 11 heteroatoms. The smallest absolute Gasteiger partial charge is 0.408 e. The lowest BCUT2D eigenvalue weighted by Gasteiger charge is -2.33. The zero-order chi connectivity index (χ0) is 27.5. The number of phenolic OH excluding ortho intramolecular Hbond substituents is 1. The normalized spacial score (nSPS) is 12.6. The number of nitrogens with one attached hydrogen (secondary N) is 2. The maximum Gasteiger partial charge on any atom is 0.408 e. The van der Waals surface area contributed by atoms with Crippen molar-refractivity contribution in [2.45, 2.75) is 58.7 Å². The molecule has 0 spiro atoms. The minimum absolute atomic E-state index is 0.00644. The van der Waals surface area contributed by atoms with Crippen LogP contribution in [0, 0.1) is 6.92 Å². The number of carbonyl (C=O) groups is 4. The number of phenols is 1. The first-order chi connectivity index (χ1) is 16.8. The quantitative estimate of drug-likeness (QED) is 0.188. The molecule has 0 heterocycles.